The summed E-state index contributed by atoms with van der Waals surface area (Å²) in [5.41, 5.74) is 3.39. The van der Waals surface area contributed by atoms with Crippen LogP contribution in [0.25, 0.3) is 0 Å². The Balaban J connectivity index is 1.67. The van der Waals surface area contributed by atoms with Crippen molar-refractivity contribution in [1.82, 2.24) is 4.90 Å². The van der Waals surface area contributed by atoms with Crippen molar-refractivity contribution in [2.24, 2.45) is 5.92 Å². The number of carbonyl (C=O) groups is 3. The van der Waals surface area contributed by atoms with E-state index in [-0.39, 0.29) is 18.9 Å². The van der Waals surface area contributed by atoms with E-state index in [4.69, 9.17) is 9.47 Å². The average molecular weight is 396 g/mol. The summed E-state index contributed by atoms with van der Waals surface area (Å²) in [6.45, 7) is 0.588. The first-order valence-electron chi connectivity index (χ1n) is 9.37. The lowest BCUT2D eigenvalue weighted by Crippen LogP contribution is -2.32. The highest BCUT2D eigenvalue weighted by Crippen LogP contribution is 2.27. The molecule has 152 valence electrons. The van der Waals surface area contributed by atoms with E-state index in [1.807, 2.05) is 42.5 Å². The van der Waals surface area contributed by atoms with Gasteiger partial charge in [0.05, 0.1) is 19.4 Å². The van der Waals surface area contributed by atoms with Crippen LogP contribution in [0, 0.1) is 5.92 Å². The van der Waals surface area contributed by atoms with Gasteiger partial charge in [0.1, 0.15) is 6.61 Å². The zero-order chi connectivity index (χ0) is 20.8. The van der Waals surface area contributed by atoms with Crippen molar-refractivity contribution in [3.8, 4) is 0 Å². The van der Waals surface area contributed by atoms with Crippen LogP contribution in [-0.4, -0.2) is 37.0 Å². The van der Waals surface area contributed by atoms with Crippen molar-refractivity contribution >= 4 is 23.7 Å². The quantitative estimate of drug-likeness (QED) is 0.785. The van der Waals surface area contributed by atoms with Gasteiger partial charge in [-0.2, -0.15) is 0 Å². The lowest BCUT2D eigenvalue weighted by Gasteiger charge is -2.19. The first-order chi connectivity index (χ1) is 14.0. The third kappa shape index (κ3) is 5.34. The second-order valence-electron chi connectivity index (χ2n) is 7.05. The Bertz CT molecular complexity index is 897. The normalized spacial score (nSPS) is 15.9. The van der Waals surface area contributed by atoms with E-state index >= 15 is 0 Å². The van der Waals surface area contributed by atoms with E-state index < -0.39 is 18.0 Å². The van der Waals surface area contributed by atoms with Gasteiger partial charge >= 0.3 is 12.1 Å². The second kappa shape index (κ2) is 9.23. The number of carbonyl (C=O) groups excluding carboxylic acids is 3. The number of esters is 1. The summed E-state index contributed by atoms with van der Waals surface area (Å²) < 4.78 is 9.96. The van der Waals surface area contributed by atoms with Gasteiger partial charge < -0.3 is 14.4 Å². The topological polar surface area (TPSA) is 84.9 Å². The fourth-order valence-corrected chi connectivity index (χ4v) is 3.37. The molecule has 1 N–H and O–H groups in total. The fourth-order valence-electron chi connectivity index (χ4n) is 3.37. The number of hydrogen-bond acceptors (Lipinski definition) is 5. The molecule has 2 amide bonds. The van der Waals surface area contributed by atoms with Crippen LogP contribution >= 0.6 is 0 Å². The number of methoxy groups -OCH3 is 1. The number of nitrogens with zero attached hydrogens (tertiary/aromatic N) is 1. The smallest absolute Gasteiger partial charge is 0.411 e. The van der Waals surface area contributed by atoms with Crippen molar-refractivity contribution in [3.63, 3.8) is 0 Å². The molecule has 0 bridgehead atoms. The number of rotatable bonds is 5. The molecule has 1 unspecified atom stereocenters. The van der Waals surface area contributed by atoms with Crippen LogP contribution in [0.1, 0.15) is 23.1 Å². The number of anilines is 1. The molecule has 0 aliphatic carbocycles. The van der Waals surface area contributed by atoms with Gasteiger partial charge in [-0.15, -0.1) is 0 Å². The van der Waals surface area contributed by atoms with Gasteiger partial charge in [-0.1, -0.05) is 36.4 Å². The molecular formula is C22H24N2O5. The van der Waals surface area contributed by atoms with Gasteiger partial charge in [-0.25, -0.2) is 4.79 Å². The Morgan fingerprint density at radius 3 is 2.62 bits per heavy atom. The van der Waals surface area contributed by atoms with Crippen LogP contribution in [0.4, 0.5) is 10.5 Å². The maximum absolute atomic E-state index is 12.6. The SMILES string of the molecule is COC(=O)CC1Cc2ccc(NC(=O)OCc3ccccc3)cc2CN(C)C1=O. The Kier molecular flexibility index (Phi) is 6.49. The Morgan fingerprint density at radius 2 is 1.90 bits per heavy atom. The predicted octanol–water partition coefficient (Wildman–Crippen LogP) is 3.13. The number of nitrogens with one attached hydrogen (secondary N) is 1. The highest BCUT2D eigenvalue weighted by Gasteiger charge is 2.29. The summed E-state index contributed by atoms with van der Waals surface area (Å²) in [7, 11) is 3.02. The molecule has 2 aromatic carbocycles. The molecule has 0 aromatic heterocycles. The molecule has 0 fully saturated rings. The third-order valence-electron chi connectivity index (χ3n) is 4.91. The molecular weight excluding hydrogens is 372 g/mol. The lowest BCUT2D eigenvalue weighted by molar-refractivity contribution is -0.146. The van der Waals surface area contributed by atoms with Crippen molar-refractivity contribution in [3.05, 3.63) is 65.2 Å². The minimum atomic E-state index is -0.546. The van der Waals surface area contributed by atoms with Crippen LogP contribution in [0.2, 0.25) is 0 Å². The Hall–Kier alpha value is -3.35. The van der Waals surface area contributed by atoms with Crippen LogP contribution < -0.4 is 5.32 Å². The van der Waals surface area contributed by atoms with Gasteiger partial charge in [-0.05, 0) is 35.2 Å². The minimum absolute atomic E-state index is 0.0466. The number of ether oxygens (including phenoxy) is 2. The van der Waals surface area contributed by atoms with Crippen molar-refractivity contribution in [2.45, 2.75) is 26.0 Å². The van der Waals surface area contributed by atoms with Crippen molar-refractivity contribution in [2.75, 3.05) is 19.5 Å². The zero-order valence-electron chi connectivity index (χ0n) is 16.5. The molecule has 1 atom stereocenters. The van der Waals surface area contributed by atoms with Crippen LogP contribution in [0.15, 0.2) is 48.5 Å². The molecule has 2 aromatic rings. The Labute approximate surface area is 169 Å². The van der Waals surface area contributed by atoms with Gasteiger partial charge in [0.2, 0.25) is 5.91 Å². The summed E-state index contributed by atoms with van der Waals surface area (Å²) >= 11 is 0. The number of hydrogen-bond donors (Lipinski definition) is 1. The molecule has 1 aliphatic rings. The Morgan fingerprint density at radius 1 is 1.14 bits per heavy atom. The molecule has 7 nitrogen and oxygen atoms in total. The molecule has 7 heteroatoms. The van der Waals surface area contributed by atoms with Crippen molar-refractivity contribution < 1.29 is 23.9 Å². The first kappa shape index (κ1) is 20.4. The van der Waals surface area contributed by atoms with E-state index in [1.165, 1.54) is 7.11 Å². The summed E-state index contributed by atoms with van der Waals surface area (Å²) in [5, 5.41) is 2.72. The second-order valence-corrected chi connectivity index (χ2v) is 7.05. The molecule has 0 spiro atoms. The van der Waals surface area contributed by atoms with Gasteiger partial charge in [0.25, 0.3) is 0 Å². The fraction of sp³-hybridized carbons (Fsp3) is 0.318. The summed E-state index contributed by atoms with van der Waals surface area (Å²) in [6.07, 6.45) is -0.0486. The minimum Gasteiger partial charge on any atom is -0.469 e. The number of amides is 2. The highest BCUT2D eigenvalue weighted by atomic mass is 16.5. The maximum atomic E-state index is 12.6. The largest absolute Gasteiger partial charge is 0.469 e. The summed E-state index contributed by atoms with van der Waals surface area (Å²) in [5.74, 6) is -0.952. The molecule has 0 saturated heterocycles. The van der Waals surface area contributed by atoms with Crippen LogP contribution in [-0.2, 0) is 38.6 Å². The van der Waals surface area contributed by atoms with E-state index in [0.29, 0.717) is 18.7 Å². The van der Waals surface area contributed by atoms with Gasteiger partial charge in [0, 0.05) is 19.3 Å². The standard InChI is InChI=1S/C22H24N2O5/c1-24-13-18-11-19(23-22(27)29-14-15-6-4-3-5-7-15)9-8-16(18)10-17(21(24)26)12-20(25)28-2/h3-9,11,17H,10,12-14H2,1-2H3,(H,23,27). The molecule has 1 aliphatic heterocycles. The zero-order valence-corrected chi connectivity index (χ0v) is 16.5. The highest BCUT2D eigenvalue weighted by molar-refractivity contribution is 5.86. The number of fused-ring (bicyclic) bond motifs is 1. The molecule has 0 radical (unpaired) electrons. The third-order valence-corrected chi connectivity index (χ3v) is 4.91. The van der Waals surface area contributed by atoms with Gasteiger partial charge in [0.15, 0.2) is 0 Å². The van der Waals surface area contributed by atoms with Crippen LogP contribution in [0.5, 0.6) is 0 Å². The number of benzene rings is 2. The van der Waals surface area contributed by atoms with Crippen molar-refractivity contribution in [1.29, 1.82) is 0 Å². The molecule has 0 saturated carbocycles. The summed E-state index contributed by atoms with van der Waals surface area (Å²) in [6, 6.07) is 14.9. The van der Waals surface area contributed by atoms with Gasteiger partial charge in [-0.3, -0.25) is 14.9 Å². The molecule has 3 rings (SSSR count). The summed E-state index contributed by atoms with van der Waals surface area (Å²) in [4.78, 5) is 37.9. The monoisotopic (exact) mass is 396 g/mol. The molecule has 29 heavy (non-hydrogen) atoms. The van der Waals surface area contributed by atoms with E-state index in [9.17, 15) is 14.4 Å². The predicted molar refractivity (Wildman–Crippen MR) is 107 cm³/mol. The van der Waals surface area contributed by atoms with E-state index in [0.717, 1.165) is 16.7 Å². The maximum Gasteiger partial charge on any atom is 0.411 e. The average Bonchev–Trinajstić information content (AvgIpc) is 2.83. The lowest BCUT2D eigenvalue weighted by atomic mass is 9.94. The van der Waals surface area contributed by atoms with Crippen LogP contribution in [0.3, 0.4) is 0 Å². The molecule has 1 heterocycles. The van der Waals surface area contributed by atoms with E-state index in [1.54, 1.807) is 18.0 Å². The first-order valence-corrected chi connectivity index (χ1v) is 9.37. The van der Waals surface area contributed by atoms with E-state index in [2.05, 4.69) is 5.32 Å².